The van der Waals surface area contributed by atoms with Crippen molar-refractivity contribution in [1.82, 2.24) is 9.78 Å². The van der Waals surface area contributed by atoms with E-state index in [1.165, 1.54) is 19.2 Å². The van der Waals surface area contributed by atoms with E-state index in [2.05, 4.69) is 10.4 Å². The van der Waals surface area contributed by atoms with Crippen molar-refractivity contribution in [3.63, 3.8) is 0 Å². The van der Waals surface area contributed by atoms with Gasteiger partial charge in [0.05, 0.1) is 30.0 Å². The zero-order valence-corrected chi connectivity index (χ0v) is 15.4. The van der Waals surface area contributed by atoms with Crippen LogP contribution in [0.3, 0.4) is 0 Å². The molecule has 3 rings (SSSR count). The Labute approximate surface area is 157 Å². The Bertz CT molecular complexity index is 840. The highest BCUT2D eigenvalue weighted by atomic mass is 16.5. The van der Waals surface area contributed by atoms with Gasteiger partial charge >= 0.3 is 5.97 Å². The van der Waals surface area contributed by atoms with Crippen LogP contribution < -0.4 is 5.32 Å². The van der Waals surface area contributed by atoms with E-state index in [-0.39, 0.29) is 24.1 Å². The Kier molecular flexibility index (Phi) is 5.88. The van der Waals surface area contributed by atoms with E-state index < -0.39 is 5.97 Å². The number of benzene rings is 1. The Morgan fingerprint density at radius 3 is 2.74 bits per heavy atom. The smallest absolute Gasteiger partial charge is 0.335 e. The lowest BCUT2D eigenvalue weighted by molar-refractivity contribution is 0.0656. The molecule has 0 saturated carbocycles. The van der Waals surface area contributed by atoms with Crippen LogP contribution in [0.2, 0.25) is 0 Å². The monoisotopic (exact) mass is 373 g/mol. The number of aromatic carboxylic acids is 1. The quantitative estimate of drug-likeness (QED) is 0.807. The molecule has 0 bridgehead atoms. The SMILES string of the molecule is COCc1cc(NC(=O)c2cnn(C3CCOCC3)c2C)cc(C(=O)O)c1. The van der Waals surface area contributed by atoms with Crippen LogP contribution in [0.15, 0.2) is 24.4 Å². The van der Waals surface area contributed by atoms with Crippen LogP contribution in [0.4, 0.5) is 5.69 Å². The first kappa shape index (κ1) is 19.1. The summed E-state index contributed by atoms with van der Waals surface area (Å²) in [4.78, 5) is 24.0. The van der Waals surface area contributed by atoms with Crippen LogP contribution in [-0.4, -0.2) is 47.1 Å². The first-order chi connectivity index (χ1) is 13.0. The normalized spacial score (nSPS) is 14.9. The van der Waals surface area contributed by atoms with Crippen molar-refractivity contribution >= 4 is 17.6 Å². The number of aromatic nitrogens is 2. The van der Waals surface area contributed by atoms with Crippen LogP contribution >= 0.6 is 0 Å². The van der Waals surface area contributed by atoms with Gasteiger partial charge in [0.1, 0.15) is 0 Å². The van der Waals surface area contributed by atoms with Crippen LogP contribution in [0.1, 0.15) is 50.9 Å². The zero-order valence-electron chi connectivity index (χ0n) is 15.4. The van der Waals surface area contributed by atoms with Crippen molar-refractivity contribution in [2.45, 2.75) is 32.4 Å². The molecule has 0 radical (unpaired) electrons. The second-order valence-electron chi connectivity index (χ2n) is 6.54. The molecule has 0 aliphatic carbocycles. The van der Waals surface area contributed by atoms with E-state index in [1.54, 1.807) is 12.3 Å². The predicted molar refractivity (Wildman–Crippen MR) is 98.1 cm³/mol. The third-order valence-corrected chi connectivity index (χ3v) is 4.63. The van der Waals surface area contributed by atoms with Crippen molar-refractivity contribution in [3.8, 4) is 0 Å². The van der Waals surface area contributed by atoms with Crippen molar-refractivity contribution < 1.29 is 24.2 Å². The van der Waals surface area contributed by atoms with Gasteiger partial charge in [-0.2, -0.15) is 5.10 Å². The molecular weight excluding hydrogens is 350 g/mol. The molecule has 0 atom stereocenters. The van der Waals surface area contributed by atoms with Crippen molar-refractivity contribution in [2.75, 3.05) is 25.6 Å². The molecule has 8 nitrogen and oxygen atoms in total. The number of carboxylic acid groups (broad SMARTS) is 1. The lowest BCUT2D eigenvalue weighted by Gasteiger charge is -2.23. The Balaban J connectivity index is 1.81. The van der Waals surface area contributed by atoms with Gasteiger partial charge in [-0.25, -0.2) is 4.79 Å². The van der Waals surface area contributed by atoms with Gasteiger partial charge in [0, 0.05) is 31.7 Å². The molecule has 1 aromatic carbocycles. The van der Waals surface area contributed by atoms with Crippen molar-refractivity contribution in [1.29, 1.82) is 0 Å². The largest absolute Gasteiger partial charge is 0.478 e. The van der Waals surface area contributed by atoms with Gasteiger partial charge < -0.3 is 19.9 Å². The Morgan fingerprint density at radius 2 is 2.07 bits per heavy atom. The Morgan fingerprint density at radius 1 is 1.33 bits per heavy atom. The van der Waals surface area contributed by atoms with E-state index >= 15 is 0 Å². The fourth-order valence-electron chi connectivity index (χ4n) is 3.28. The molecule has 0 spiro atoms. The van der Waals surface area contributed by atoms with Gasteiger partial charge in [-0.1, -0.05) is 0 Å². The van der Waals surface area contributed by atoms with E-state index in [1.807, 2.05) is 11.6 Å². The minimum Gasteiger partial charge on any atom is -0.478 e. The molecule has 144 valence electrons. The number of rotatable bonds is 6. The first-order valence-corrected chi connectivity index (χ1v) is 8.79. The lowest BCUT2D eigenvalue weighted by atomic mass is 10.1. The highest BCUT2D eigenvalue weighted by Gasteiger charge is 2.22. The standard InChI is InChI=1S/C19H23N3O5/c1-12-17(10-20-22(12)16-3-5-27-6-4-16)18(23)21-15-8-13(11-26-2)7-14(9-15)19(24)25/h7-10,16H,3-6,11H2,1-2H3,(H,21,23)(H,24,25). The molecule has 27 heavy (non-hydrogen) atoms. The number of carbonyl (C=O) groups is 2. The summed E-state index contributed by atoms with van der Waals surface area (Å²) >= 11 is 0. The number of hydrogen-bond donors (Lipinski definition) is 2. The highest BCUT2D eigenvalue weighted by Crippen LogP contribution is 2.24. The average molecular weight is 373 g/mol. The van der Waals surface area contributed by atoms with E-state index in [4.69, 9.17) is 9.47 Å². The molecule has 2 aromatic rings. The topological polar surface area (TPSA) is 103 Å². The van der Waals surface area contributed by atoms with Crippen LogP contribution in [-0.2, 0) is 16.1 Å². The summed E-state index contributed by atoms with van der Waals surface area (Å²) in [7, 11) is 1.53. The summed E-state index contributed by atoms with van der Waals surface area (Å²) in [6.45, 7) is 3.50. The number of carbonyl (C=O) groups excluding carboxylic acids is 1. The van der Waals surface area contributed by atoms with Crippen LogP contribution in [0.5, 0.6) is 0 Å². The third kappa shape index (κ3) is 4.35. The fraction of sp³-hybridized carbons (Fsp3) is 0.421. The number of ether oxygens (including phenoxy) is 2. The van der Waals surface area contributed by atoms with Gasteiger partial charge in [-0.05, 0) is 43.5 Å². The molecule has 1 aromatic heterocycles. The van der Waals surface area contributed by atoms with E-state index in [0.29, 0.717) is 30.0 Å². The minimum atomic E-state index is -1.06. The van der Waals surface area contributed by atoms with Crippen LogP contribution in [0, 0.1) is 6.92 Å². The summed E-state index contributed by atoms with van der Waals surface area (Å²) in [5, 5.41) is 16.4. The number of hydrogen-bond acceptors (Lipinski definition) is 5. The summed E-state index contributed by atoms with van der Waals surface area (Å²) in [6, 6.07) is 4.88. The highest BCUT2D eigenvalue weighted by molar-refractivity contribution is 6.05. The van der Waals surface area contributed by atoms with Crippen LogP contribution in [0.25, 0.3) is 0 Å². The van der Waals surface area contributed by atoms with Gasteiger partial charge in [-0.15, -0.1) is 0 Å². The third-order valence-electron chi connectivity index (χ3n) is 4.63. The maximum absolute atomic E-state index is 12.7. The summed E-state index contributed by atoms with van der Waals surface area (Å²) in [5.74, 6) is -1.39. The summed E-state index contributed by atoms with van der Waals surface area (Å²) in [5.41, 5.74) is 2.42. The number of anilines is 1. The predicted octanol–water partition coefficient (Wildman–Crippen LogP) is 2.64. The molecule has 1 aliphatic rings. The molecular formula is C19H23N3O5. The molecule has 1 fully saturated rings. The molecule has 8 heteroatoms. The second-order valence-corrected chi connectivity index (χ2v) is 6.54. The summed E-state index contributed by atoms with van der Waals surface area (Å²) in [6.07, 6.45) is 3.28. The number of amides is 1. The van der Waals surface area contributed by atoms with Gasteiger partial charge in [-0.3, -0.25) is 9.48 Å². The molecule has 1 saturated heterocycles. The second kappa shape index (κ2) is 8.32. The fourth-order valence-corrected chi connectivity index (χ4v) is 3.28. The first-order valence-electron chi connectivity index (χ1n) is 8.79. The van der Waals surface area contributed by atoms with E-state index in [9.17, 15) is 14.7 Å². The maximum atomic E-state index is 12.7. The molecule has 1 amide bonds. The maximum Gasteiger partial charge on any atom is 0.335 e. The van der Waals surface area contributed by atoms with Crippen molar-refractivity contribution in [3.05, 3.63) is 46.8 Å². The molecule has 0 unspecified atom stereocenters. The molecule has 2 heterocycles. The zero-order chi connectivity index (χ0) is 19.4. The minimum absolute atomic E-state index is 0.0921. The number of nitrogens with zero attached hydrogens (tertiary/aromatic N) is 2. The Hall–Kier alpha value is -2.71. The van der Waals surface area contributed by atoms with Gasteiger partial charge in [0.15, 0.2) is 0 Å². The van der Waals surface area contributed by atoms with Crippen molar-refractivity contribution in [2.24, 2.45) is 0 Å². The molecule has 2 N–H and O–H groups in total. The lowest BCUT2D eigenvalue weighted by Crippen LogP contribution is -2.22. The molecule has 1 aliphatic heterocycles. The number of methoxy groups -OCH3 is 1. The van der Waals surface area contributed by atoms with E-state index in [0.717, 1.165) is 18.5 Å². The van der Waals surface area contributed by atoms with Gasteiger partial charge in [0.25, 0.3) is 5.91 Å². The average Bonchev–Trinajstić information content (AvgIpc) is 3.04. The van der Waals surface area contributed by atoms with Gasteiger partial charge in [0.2, 0.25) is 0 Å². The summed E-state index contributed by atoms with van der Waals surface area (Å²) < 4.78 is 12.3. The number of carboxylic acids is 1. The number of nitrogens with one attached hydrogen (secondary N) is 1.